The van der Waals surface area contributed by atoms with Crippen LogP contribution in [-0.2, 0) is 0 Å². The molecule has 0 aromatic rings. The van der Waals surface area contributed by atoms with Crippen LogP contribution < -0.4 is 5.32 Å². The van der Waals surface area contributed by atoms with Gasteiger partial charge in [0.1, 0.15) is 0 Å². The van der Waals surface area contributed by atoms with E-state index >= 15 is 0 Å². The molecule has 4 heteroatoms. The van der Waals surface area contributed by atoms with Gasteiger partial charge in [-0.15, -0.1) is 0 Å². The zero-order valence-electron chi connectivity index (χ0n) is 7.67. The van der Waals surface area contributed by atoms with Gasteiger partial charge in [0.05, 0.1) is 6.54 Å². The maximum Gasteiger partial charge on any atom is 0.228 e. The summed E-state index contributed by atoms with van der Waals surface area (Å²) < 4.78 is 0. The van der Waals surface area contributed by atoms with Crippen molar-refractivity contribution in [1.29, 1.82) is 0 Å². The first kappa shape index (κ1) is 9.45. The second-order valence-corrected chi connectivity index (χ2v) is 4.14. The topological polar surface area (TPSA) is 55.2 Å². The van der Waals surface area contributed by atoms with Gasteiger partial charge in [-0.25, -0.2) is 0 Å². The molecular weight excluding hydrogens is 156 g/mol. The number of nitrogens with one attached hydrogen (secondary N) is 1. The Balaban J connectivity index is 2.14. The van der Waals surface area contributed by atoms with Gasteiger partial charge in [0.25, 0.3) is 0 Å². The summed E-state index contributed by atoms with van der Waals surface area (Å²) in [7, 11) is 0. The fraction of sp³-hybridized carbons (Fsp3) is 1.00. The fourth-order valence-corrected chi connectivity index (χ4v) is 0.969. The van der Waals surface area contributed by atoms with Crippen LogP contribution in [0.1, 0.15) is 26.7 Å². The van der Waals surface area contributed by atoms with E-state index in [1.165, 1.54) is 12.8 Å². The molecule has 0 unspecified atom stereocenters. The molecule has 1 aliphatic carbocycles. The molecule has 70 valence electrons. The number of hydrogen-bond donors (Lipinski definition) is 1. The molecule has 1 rings (SSSR count). The van der Waals surface area contributed by atoms with Crippen molar-refractivity contribution >= 4 is 0 Å². The summed E-state index contributed by atoms with van der Waals surface area (Å²) in [4.78, 5) is 10.2. The van der Waals surface area contributed by atoms with Gasteiger partial charge in [0, 0.05) is 18.8 Å². The molecule has 0 aromatic carbocycles. The van der Waals surface area contributed by atoms with Gasteiger partial charge in [-0.3, -0.25) is 10.1 Å². The molecule has 0 heterocycles. The highest BCUT2D eigenvalue weighted by Crippen LogP contribution is 2.27. The molecule has 12 heavy (non-hydrogen) atoms. The van der Waals surface area contributed by atoms with Gasteiger partial charge >= 0.3 is 0 Å². The predicted octanol–water partition coefficient (Wildman–Crippen LogP) is 1.04. The molecule has 0 spiro atoms. The largest absolute Gasteiger partial charge is 0.310 e. The minimum absolute atomic E-state index is 0.229. The van der Waals surface area contributed by atoms with Gasteiger partial charge < -0.3 is 5.32 Å². The molecule has 4 nitrogen and oxygen atoms in total. The Kier molecular flexibility index (Phi) is 2.67. The average molecular weight is 172 g/mol. The molecule has 0 aromatic heterocycles. The Morgan fingerprint density at radius 1 is 1.58 bits per heavy atom. The molecule has 0 amide bonds. The van der Waals surface area contributed by atoms with E-state index in [1.54, 1.807) is 13.8 Å². The van der Waals surface area contributed by atoms with Crippen LogP contribution in [0.25, 0.3) is 0 Å². The lowest BCUT2D eigenvalue weighted by atomic mass is 10.1. The number of nitro groups is 1. The standard InChI is InChI=1S/C8H16N2O2/c1-8(2,10(11)12)6-9-5-7-3-4-7/h7,9H,3-6H2,1-2H3. The van der Waals surface area contributed by atoms with Gasteiger partial charge in [-0.2, -0.15) is 0 Å². The van der Waals surface area contributed by atoms with E-state index in [-0.39, 0.29) is 4.92 Å². The third kappa shape index (κ3) is 2.77. The quantitative estimate of drug-likeness (QED) is 0.498. The van der Waals surface area contributed by atoms with Gasteiger partial charge in [-0.1, -0.05) is 0 Å². The lowest BCUT2D eigenvalue weighted by Gasteiger charge is -2.15. The number of rotatable bonds is 5. The maximum absolute atomic E-state index is 10.5. The highest BCUT2D eigenvalue weighted by atomic mass is 16.6. The van der Waals surface area contributed by atoms with Crippen LogP contribution in [0, 0.1) is 16.0 Å². The van der Waals surface area contributed by atoms with Crippen LogP contribution in [0.5, 0.6) is 0 Å². The smallest absolute Gasteiger partial charge is 0.228 e. The predicted molar refractivity (Wildman–Crippen MR) is 46.7 cm³/mol. The summed E-state index contributed by atoms with van der Waals surface area (Å²) in [6.07, 6.45) is 2.57. The Hall–Kier alpha value is -0.640. The average Bonchev–Trinajstić information content (AvgIpc) is 2.70. The van der Waals surface area contributed by atoms with E-state index in [4.69, 9.17) is 0 Å². The van der Waals surface area contributed by atoms with Crippen LogP contribution in [0.4, 0.5) is 0 Å². The van der Waals surface area contributed by atoms with Crippen LogP contribution in [0.2, 0.25) is 0 Å². The van der Waals surface area contributed by atoms with E-state index < -0.39 is 5.54 Å². The van der Waals surface area contributed by atoms with Crippen molar-refractivity contribution in [1.82, 2.24) is 5.32 Å². The van der Waals surface area contributed by atoms with Crippen LogP contribution in [0.15, 0.2) is 0 Å². The first-order valence-electron chi connectivity index (χ1n) is 4.37. The van der Waals surface area contributed by atoms with Crippen LogP contribution in [0.3, 0.4) is 0 Å². The highest BCUT2D eigenvalue weighted by molar-refractivity contribution is 4.78. The molecule has 0 atom stereocenters. The normalized spacial score (nSPS) is 17.8. The summed E-state index contributed by atoms with van der Waals surface area (Å²) >= 11 is 0. The highest BCUT2D eigenvalue weighted by Gasteiger charge is 2.31. The van der Waals surface area contributed by atoms with E-state index in [0.29, 0.717) is 6.54 Å². The molecule has 1 fully saturated rings. The molecule has 0 saturated heterocycles. The summed E-state index contributed by atoms with van der Waals surface area (Å²) in [5.41, 5.74) is -0.825. The molecule has 1 N–H and O–H groups in total. The minimum atomic E-state index is -0.825. The van der Waals surface area contributed by atoms with Crippen molar-refractivity contribution in [2.24, 2.45) is 5.92 Å². The van der Waals surface area contributed by atoms with Crippen LogP contribution in [-0.4, -0.2) is 23.6 Å². The van der Waals surface area contributed by atoms with Gasteiger partial charge in [0.15, 0.2) is 0 Å². The first-order valence-corrected chi connectivity index (χ1v) is 4.37. The molecule has 0 aliphatic heterocycles. The van der Waals surface area contributed by atoms with E-state index in [0.717, 1.165) is 12.5 Å². The number of nitrogens with zero attached hydrogens (tertiary/aromatic N) is 1. The molecule has 0 bridgehead atoms. The second kappa shape index (κ2) is 3.39. The minimum Gasteiger partial charge on any atom is -0.310 e. The monoisotopic (exact) mass is 172 g/mol. The zero-order valence-corrected chi connectivity index (χ0v) is 7.67. The first-order chi connectivity index (χ1) is 5.52. The SMILES string of the molecule is CC(C)(CNCC1CC1)[N+](=O)[O-]. The van der Waals surface area contributed by atoms with E-state index in [2.05, 4.69) is 5.32 Å². The van der Waals surface area contributed by atoms with Crippen molar-refractivity contribution < 1.29 is 4.92 Å². The Morgan fingerprint density at radius 3 is 2.58 bits per heavy atom. The molecular formula is C8H16N2O2. The molecule has 1 saturated carbocycles. The van der Waals surface area contributed by atoms with Crippen molar-refractivity contribution in [3.8, 4) is 0 Å². The van der Waals surface area contributed by atoms with Crippen LogP contribution >= 0.6 is 0 Å². The van der Waals surface area contributed by atoms with Gasteiger partial charge in [-0.05, 0) is 25.3 Å². The van der Waals surface area contributed by atoms with Gasteiger partial charge in [0.2, 0.25) is 5.54 Å². The lowest BCUT2D eigenvalue weighted by molar-refractivity contribution is -0.558. The Labute approximate surface area is 72.5 Å². The second-order valence-electron chi connectivity index (χ2n) is 4.14. The summed E-state index contributed by atoms with van der Waals surface area (Å²) in [6, 6.07) is 0. The summed E-state index contributed by atoms with van der Waals surface area (Å²) in [5, 5.41) is 13.6. The van der Waals surface area contributed by atoms with Crippen molar-refractivity contribution in [3.05, 3.63) is 10.1 Å². The summed E-state index contributed by atoms with van der Waals surface area (Å²) in [5.74, 6) is 0.785. The summed E-state index contributed by atoms with van der Waals surface area (Å²) in [6.45, 7) is 4.70. The van der Waals surface area contributed by atoms with E-state index in [1.807, 2.05) is 0 Å². The maximum atomic E-state index is 10.5. The number of hydrogen-bond acceptors (Lipinski definition) is 3. The lowest BCUT2D eigenvalue weighted by Crippen LogP contribution is -2.42. The van der Waals surface area contributed by atoms with Crippen molar-refractivity contribution in [3.63, 3.8) is 0 Å². The molecule has 1 aliphatic rings. The van der Waals surface area contributed by atoms with Crippen molar-refractivity contribution in [2.75, 3.05) is 13.1 Å². The van der Waals surface area contributed by atoms with E-state index in [9.17, 15) is 10.1 Å². The third-order valence-electron chi connectivity index (χ3n) is 2.18. The Morgan fingerprint density at radius 2 is 2.17 bits per heavy atom. The zero-order chi connectivity index (χ0) is 9.19. The fourth-order valence-electron chi connectivity index (χ4n) is 0.969. The third-order valence-corrected chi connectivity index (χ3v) is 2.18. The van der Waals surface area contributed by atoms with Crippen molar-refractivity contribution in [2.45, 2.75) is 32.2 Å². The molecule has 0 radical (unpaired) electrons. The Bertz CT molecular complexity index is 176.